The van der Waals surface area contributed by atoms with E-state index in [1.54, 1.807) is 7.05 Å². The Morgan fingerprint density at radius 2 is 1.88 bits per heavy atom. The van der Waals surface area contributed by atoms with Gasteiger partial charge in [-0.05, 0) is 36.7 Å². The minimum atomic E-state index is -0.797. The lowest BCUT2D eigenvalue weighted by molar-refractivity contribution is -0.116. The van der Waals surface area contributed by atoms with Gasteiger partial charge in [-0.1, -0.05) is 63.5 Å². The molecular weight excluding hydrogens is 434 g/mol. The van der Waals surface area contributed by atoms with Gasteiger partial charge in [0.15, 0.2) is 0 Å². The quantitative estimate of drug-likeness (QED) is 0.618. The van der Waals surface area contributed by atoms with Crippen LogP contribution < -0.4 is 11.1 Å². The number of amides is 2. The summed E-state index contributed by atoms with van der Waals surface area (Å²) in [5, 5.41) is 6.44. The maximum Gasteiger partial charge on any atom is 0.290 e. The molecule has 2 amide bonds. The minimum Gasteiger partial charge on any atom is -0.381 e. The Kier molecular flexibility index (Phi) is 9.92. The Hall–Kier alpha value is -3.07. The molecule has 3 rings (SSSR count). The second-order valence-corrected chi connectivity index (χ2v) is 9.44. The maximum absolute atomic E-state index is 12.9. The van der Waals surface area contributed by atoms with Gasteiger partial charge in [-0.3, -0.25) is 14.6 Å². The number of carbonyl (C=O) groups is 2. The number of primary amides is 1. The topological polar surface area (TPSA) is 133 Å². The number of hydrogen-bond donors (Lipinski definition) is 2. The largest absolute Gasteiger partial charge is 0.381 e. The smallest absolute Gasteiger partial charge is 0.290 e. The molecule has 34 heavy (non-hydrogen) atoms. The van der Waals surface area contributed by atoms with Crippen molar-refractivity contribution in [1.29, 1.82) is 0 Å². The number of ether oxygens (including phenoxy) is 1. The lowest BCUT2D eigenvalue weighted by Crippen LogP contribution is -2.41. The van der Waals surface area contributed by atoms with E-state index in [0.29, 0.717) is 5.71 Å². The van der Waals surface area contributed by atoms with Gasteiger partial charge in [0.25, 0.3) is 17.6 Å². The predicted molar refractivity (Wildman–Crippen MR) is 131 cm³/mol. The van der Waals surface area contributed by atoms with E-state index in [1.807, 2.05) is 52.0 Å². The Labute approximate surface area is 201 Å². The van der Waals surface area contributed by atoms with E-state index >= 15 is 0 Å². The average molecular weight is 472 g/mol. The van der Waals surface area contributed by atoms with Crippen molar-refractivity contribution in [3.8, 4) is 0 Å². The first kappa shape index (κ1) is 27.2. The van der Waals surface area contributed by atoms with Crippen molar-refractivity contribution in [3.05, 3.63) is 47.1 Å². The zero-order valence-corrected chi connectivity index (χ0v) is 21.1. The van der Waals surface area contributed by atoms with E-state index in [4.69, 9.17) is 15.0 Å². The number of hydrogen-bond acceptors (Lipinski definition) is 7. The van der Waals surface area contributed by atoms with Crippen LogP contribution in [0.25, 0.3) is 0 Å². The van der Waals surface area contributed by atoms with E-state index in [-0.39, 0.29) is 17.6 Å². The fourth-order valence-corrected chi connectivity index (χ4v) is 3.64. The van der Waals surface area contributed by atoms with E-state index in [9.17, 15) is 9.59 Å². The summed E-state index contributed by atoms with van der Waals surface area (Å²) in [5.41, 5.74) is 6.69. The monoisotopic (exact) mass is 471 g/mol. The Morgan fingerprint density at radius 1 is 1.24 bits per heavy atom. The summed E-state index contributed by atoms with van der Waals surface area (Å²) < 4.78 is 10.3. The van der Waals surface area contributed by atoms with Crippen LogP contribution in [0.4, 0.5) is 0 Å². The molecule has 1 aromatic carbocycles. The summed E-state index contributed by atoms with van der Waals surface area (Å²) in [5.74, 6) is -0.328. The Bertz CT molecular complexity index is 987. The van der Waals surface area contributed by atoms with Gasteiger partial charge < -0.3 is 20.3 Å². The van der Waals surface area contributed by atoms with Crippen LogP contribution in [0, 0.1) is 18.3 Å². The summed E-state index contributed by atoms with van der Waals surface area (Å²) >= 11 is 0. The molecule has 1 aromatic heterocycles. The van der Waals surface area contributed by atoms with Gasteiger partial charge in [0.2, 0.25) is 5.89 Å². The summed E-state index contributed by atoms with van der Waals surface area (Å²) in [7, 11) is 1.56. The van der Waals surface area contributed by atoms with E-state index in [1.165, 1.54) is 19.3 Å². The van der Waals surface area contributed by atoms with Crippen LogP contribution in [0.3, 0.4) is 0 Å². The number of aryl methyl sites for hydroxylation is 1. The van der Waals surface area contributed by atoms with E-state index in [2.05, 4.69) is 27.4 Å². The van der Waals surface area contributed by atoms with Gasteiger partial charge in [0, 0.05) is 25.8 Å². The number of nitrogens with zero attached hydrogens (tertiary/aromatic N) is 3. The first-order valence-corrected chi connectivity index (χ1v) is 11.6. The normalized spacial score (nSPS) is 15.8. The van der Waals surface area contributed by atoms with Gasteiger partial charge >= 0.3 is 0 Å². The molecule has 186 valence electrons. The first-order chi connectivity index (χ1) is 16.1. The third-order valence-electron chi connectivity index (χ3n) is 5.81. The van der Waals surface area contributed by atoms with E-state index < -0.39 is 17.4 Å². The van der Waals surface area contributed by atoms with Crippen molar-refractivity contribution in [2.75, 3.05) is 20.3 Å². The molecule has 0 radical (unpaired) electrons. The molecule has 1 saturated heterocycles. The van der Waals surface area contributed by atoms with Crippen LogP contribution >= 0.6 is 0 Å². The molecule has 1 aliphatic heterocycles. The predicted octanol–water partition coefficient (Wildman–Crippen LogP) is 3.62. The van der Waals surface area contributed by atoms with Crippen molar-refractivity contribution in [3.63, 3.8) is 0 Å². The molecule has 9 heteroatoms. The lowest BCUT2D eigenvalue weighted by atomic mass is 9.86. The molecule has 0 aliphatic carbocycles. The molecule has 2 heterocycles. The lowest BCUT2D eigenvalue weighted by Gasteiger charge is -2.28. The minimum absolute atomic E-state index is 0.111. The standard InChI is InChI=1S/C18H23N5O3.C7H14O/c1-10-8-6-7-9-11(10)12(20-5)16(25)21-13(18(2,3)4)17-22-15(14(19)24)23-26-17;1-2-7-3-5-8-6-4-7/h6-9,13H,1-5H3,(H2,19,24)(H,21,25);7H,2-6H2,1H3. The number of nitrogens with one attached hydrogen (secondary N) is 1. The van der Waals surface area contributed by atoms with Crippen LogP contribution in [0.1, 0.15) is 80.6 Å². The third-order valence-corrected chi connectivity index (χ3v) is 5.81. The number of rotatable bonds is 6. The summed E-state index contributed by atoms with van der Waals surface area (Å²) in [6, 6.07) is 6.86. The zero-order chi connectivity index (χ0) is 25.3. The molecule has 1 aliphatic rings. The molecule has 0 bridgehead atoms. The van der Waals surface area contributed by atoms with Crippen LogP contribution in [0.15, 0.2) is 33.8 Å². The van der Waals surface area contributed by atoms with Crippen molar-refractivity contribution in [2.45, 2.75) is 59.9 Å². The second-order valence-electron chi connectivity index (χ2n) is 9.44. The fourth-order valence-electron chi connectivity index (χ4n) is 3.64. The summed E-state index contributed by atoms with van der Waals surface area (Å²) in [6.07, 6.45) is 3.91. The highest BCUT2D eigenvalue weighted by Gasteiger charge is 2.34. The molecule has 2 aromatic rings. The summed E-state index contributed by atoms with van der Waals surface area (Å²) in [4.78, 5) is 32.2. The Morgan fingerprint density at radius 3 is 2.35 bits per heavy atom. The number of aliphatic imine (C=N–C) groups is 1. The molecule has 0 spiro atoms. The van der Waals surface area contributed by atoms with Gasteiger partial charge in [0.1, 0.15) is 11.8 Å². The fraction of sp³-hybridized carbons (Fsp3) is 0.560. The van der Waals surface area contributed by atoms with Crippen LogP contribution in [-0.4, -0.2) is 47.9 Å². The van der Waals surface area contributed by atoms with Crippen molar-refractivity contribution < 1.29 is 18.8 Å². The third kappa shape index (κ3) is 7.48. The first-order valence-electron chi connectivity index (χ1n) is 11.6. The molecule has 1 atom stereocenters. The summed E-state index contributed by atoms with van der Waals surface area (Å²) in [6.45, 7) is 11.9. The van der Waals surface area contributed by atoms with Gasteiger partial charge in [-0.2, -0.15) is 4.98 Å². The highest BCUT2D eigenvalue weighted by molar-refractivity contribution is 6.45. The van der Waals surface area contributed by atoms with Crippen LogP contribution in [-0.2, 0) is 9.53 Å². The number of carbonyl (C=O) groups excluding carboxylic acids is 2. The molecule has 1 unspecified atom stereocenters. The average Bonchev–Trinajstić information content (AvgIpc) is 3.29. The van der Waals surface area contributed by atoms with Crippen molar-refractivity contribution in [2.24, 2.45) is 22.1 Å². The van der Waals surface area contributed by atoms with Gasteiger partial charge in [-0.15, -0.1) is 0 Å². The van der Waals surface area contributed by atoms with Crippen LogP contribution in [0.2, 0.25) is 0 Å². The zero-order valence-electron chi connectivity index (χ0n) is 21.1. The number of benzene rings is 1. The Balaban J connectivity index is 0.000000430. The molecule has 0 saturated carbocycles. The number of aromatic nitrogens is 2. The second kappa shape index (κ2) is 12.4. The molecular formula is C25H37N5O4. The number of nitrogens with two attached hydrogens (primary N) is 1. The highest BCUT2D eigenvalue weighted by Crippen LogP contribution is 2.32. The SMILES string of the molecule is CCC1CCOCC1.CN=C(C(=O)NC(c1nc(C(N)=O)no1)C(C)(C)C)c1ccccc1C. The molecule has 3 N–H and O–H groups in total. The van der Waals surface area contributed by atoms with Crippen LogP contribution in [0.5, 0.6) is 0 Å². The van der Waals surface area contributed by atoms with Gasteiger partial charge in [-0.25, -0.2) is 0 Å². The van der Waals surface area contributed by atoms with Gasteiger partial charge in [0.05, 0.1) is 0 Å². The molecule has 1 fully saturated rings. The van der Waals surface area contributed by atoms with Crippen molar-refractivity contribution >= 4 is 17.5 Å². The van der Waals surface area contributed by atoms with E-state index in [0.717, 1.165) is 30.3 Å². The molecule has 9 nitrogen and oxygen atoms in total. The maximum atomic E-state index is 12.9. The highest BCUT2D eigenvalue weighted by atomic mass is 16.5. The van der Waals surface area contributed by atoms with Crippen molar-refractivity contribution in [1.82, 2.24) is 15.5 Å².